The number of methoxy groups -OCH3 is 1. The van der Waals surface area contributed by atoms with Crippen LogP contribution >= 0.6 is 11.6 Å². The number of anilines is 1. The quantitative estimate of drug-likeness (QED) is 0.865. The Hall–Kier alpha value is -0.890. The largest absolute Gasteiger partial charge is 0.497 e. The van der Waals surface area contributed by atoms with Crippen LogP contribution in [0.5, 0.6) is 5.75 Å². The lowest BCUT2D eigenvalue weighted by molar-refractivity contribution is 0.358. The maximum absolute atomic E-state index is 6.19. The highest BCUT2D eigenvalue weighted by atomic mass is 35.5. The molecule has 17 heavy (non-hydrogen) atoms. The van der Waals surface area contributed by atoms with Gasteiger partial charge >= 0.3 is 0 Å². The maximum Gasteiger partial charge on any atom is 0.121 e. The van der Waals surface area contributed by atoms with Crippen molar-refractivity contribution in [3.63, 3.8) is 0 Å². The summed E-state index contributed by atoms with van der Waals surface area (Å²) < 4.78 is 5.22. The van der Waals surface area contributed by atoms with Gasteiger partial charge < -0.3 is 10.1 Å². The monoisotopic (exact) mass is 253 g/mol. The number of hydrogen-bond donors (Lipinski definition) is 1. The molecule has 0 spiro atoms. The molecule has 0 aliphatic heterocycles. The fourth-order valence-corrected chi connectivity index (χ4v) is 2.70. The van der Waals surface area contributed by atoms with Gasteiger partial charge in [-0.3, -0.25) is 0 Å². The van der Waals surface area contributed by atoms with Gasteiger partial charge in [-0.25, -0.2) is 0 Å². The highest BCUT2D eigenvalue weighted by Crippen LogP contribution is 2.31. The van der Waals surface area contributed by atoms with E-state index in [9.17, 15) is 0 Å². The molecule has 0 amide bonds. The molecule has 0 radical (unpaired) electrons. The first-order chi connectivity index (χ1) is 8.19. The molecule has 2 atom stereocenters. The number of ether oxygens (including phenoxy) is 1. The minimum atomic E-state index is 0.545. The van der Waals surface area contributed by atoms with Crippen molar-refractivity contribution in [1.29, 1.82) is 0 Å². The number of hydrogen-bond acceptors (Lipinski definition) is 2. The Morgan fingerprint density at radius 3 is 2.88 bits per heavy atom. The normalized spacial score (nSPS) is 24.4. The smallest absolute Gasteiger partial charge is 0.121 e. The Labute approximate surface area is 108 Å². The van der Waals surface area contributed by atoms with E-state index in [4.69, 9.17) is 16.3 Å². The van der Waals surface area contributed by atoms with Gasteiger partial charge in [0, 0.05) is 12.1 Å². The van der Waals surface area contributed by atoms with Crippen LogP contribution in [0, 0.1) is 5.92 Å². The molecule has 94 valence electrons. The summed E-state index contributed by atoms with van der Waals surface area (Å²) in [4.78, 5) is 0. The van der Waals surface area contributed by atoms with E-state index in [0.29, 0.717) is 6.04 Å². The van der Waals surface area contributed by atoms with Crippen LogP contribution in [0.2, 0.25) is 5.02 Å². The van der Waals surface area contributed by atoms with E-state index in [1.54, 1.807) is 7.11 Å². The molecular weight excluding hydrogens is 234 g/mol. The molecule has 1 aliphatic carbocycles. The lowest BCUT2D eigenvalue weighted by atomic mass is 9.87. The summed E-state index contributed by atoms with van der Waals surface area (Å²) in [6, 6.07) is 6.29. The third-order valence-corrected chi connectivity index (χ3v) is 3.80. The molecule has 1 aromatic carbocycles. The Morgan fingerprint density at radius 1 is 1.35 bits per heavy atom. The zero-order valence-corrected chi connectivity index (χ0v) is 11.3. The molecule has 0 heterocycles. The molecule has 1 aromatic rings. The summed E-state index contributed by atoms with van der Waals surface area (Å²) in [6.07, 6.45) is 5.12. The van der Waals surface area contributed by atoms with Gasteiger partial charge in [0.15, 0.2) is 0 Å². The van der Waals surface area contributed by atoms with Gasteiger partial charge in [0.1, 0.15) is 5.75 Å². The first kappa shape index (κ1) is 12.6. The summed E-state index contributed by atoms with van der Waals surface area (Å²) in [7, 11) is 1.68. The van der Waals surface area contributed by atoms with Gasteiger partial charge in [-0.2, -0.15) is 0 Å². The highest BCUT2D eigenvalue weighted by Gasteiger charge is 2.19. The molecule has 1 fully saturated rings. The molecular formula is C14H20ClNO. The minimum absolute atomic E-state index is 0.545. The highest BCUT2D eigenvalue weighted by molar-refractivity contribution is 6.33. The van der Waals surface area contributed by atoms with Crippen LogP contribution < -0.4 is 10.1 Å². The average Bonchev–Trinajstić information content (AvgIpc) is 2.32. The van der Waals surface area contributed by atoms with Crippen LogP contribution in [-0.4, -0.2) is 13.2 Å². The molecule has 0 saturated heterocycles. The Morgan fingerprint density at radius 2 is 2.18 bits per heavy atom. The van der Waals surface area contributed by atoms with Gasteiger partial charge in [0.25, 0.3) is 0 Å². The van der Waals surface area contributed by atoms with E-state index in [-0.39, 0.29) is 0 Å². The van der Waals surface area contributed by atoms with Crippen LogP contribution in [-0.2, 0) is 0 Å². The minimum Gasteiger partial charge on any atom is -0.497 e. The van der Waals surface area contributed by atoms with Crippen molar-refractivity contribution in [3.05, 3.63) is 23.2 Å². The molecule has 2 nitrogen and oxygen atoms in total. The van der Waals surface area contributed by atoms with Crippen LogP contribution in [0.1, 0.15) is 32.6 Å². The molecule has 0 aromatic heterocycles. The first-order valence-corrected chi connectivity index (χ1v) is 6.67. The molecule has 1 saturated carbocycles. The van der Waals surface area contributed by atoms with Crippen LogP contribution in [0.25, 0.3) is 0 Å². The lowest BCUT2D eigenvalue weighted by Crippen LogP contribution is -2.26. The summed E-state index contributed by atoms with van der Waals surface area (Å²) in [5.74, 6) is 1.66. The van der Waals surface area contributed by atoms with Crippen molar-refractivity contribution < 1.29 is 4.74 Å². The topological polar surface area (TPSA) is 21.3 Å². The lowest BCUT2D eigenvalue weighted by Gasteiger charge is -2.28. The van der Waals surface area contributed by atoms with E-state index in [1.165, 1.54) is 25.7 Å². The molecule has 0 bridgehead atoms. The van der Waals surface area contributed by atoms with Gasteiger partial charge in [-0.1, -0.05) is 31.4 Å². The zero-order valence-electron chi connectivity index (χ0n) is 10.5. The molecule has 1 N–H and O–H groups in total. The van der Waals surface area contributed by atoms with Gasteiger partial charge in [-0.15, -0.1) is 0 Å². The van der Waals surface area contributed by atoms with Crippen molar-refractivity contribution in [1.82, 2.24) is 0 Å². The molecule has 1 aliphatic rings. The van der Waals surface area contributed by atoms with Gasteiger partial charge in [0.05, 0.1) is 17.8 Å². The second-order valence-electron chi connectivity index (χ2n) is 4.96. The van der Waals surface area contributed by atoms with Crippen molar-refractivity contribution in [2.45, 2.75) is 38.6 Å². The van der Waals surface area contributed by atoms with Crippen LogP contribution in [0.15, 0.2) is 18.2 Å². The van der Waals surface area contributed by atoms with Crippen LogP contribution in [0.3, 0.4) is 0 Å². The predicted molar refractivity (Wildman–Crippen MR) is 73.0 cm³/mol. The Kier molecular flexibility index (Phi) is 4.16. The summed E-state index contributed by atoms with van der Waals surface area (Å²) in [6.45, 7) is 2.32. The van der Waals surface area contributed by atoms with E-state index in [0.717, 1.165) is 22.4 Å². The van der Waals surface area contributed by atoms with E-state index >= 15 is 0 Å². The SMILES string of the molecule is COc1ccc(Cl)c(NC2CCCC(C)C2)c1. The standard InChI is InChI=1S/C14H20ClNO/c1-10-4-3-5-11(8-10)16-14-9-12(17-2)6-7-13(14)15/h6-7,9-11,16H,3-5,8H2,1-2H3. The molecule has 2 unspecified atom stereocenters. The average molecular weight is 254 g/mol. The number of halogens is 1. The van der Waals surface area contributed by atoms with Gasteiger partial charge in [0.2, 0.25) is 0 Å². The van der Waals surface area contributed by atoms with Crippen molar-refractivity contribution in [2.24, 2.45) is 5.92 Å². The third kappa shape index (κ3) is 3.29. The number of benzene rings is 1. The van der Waals surface area contributed by atoms with Crippen LogP contribution in [0.4, 0.5) is 5.69 Å². The van der Waals surface area contributed by atoms with Gasteiger partial charge in [-0.05, 0) is 30.9 Å². The predicted octanol–water partition coefficient (Wildman–Crippen LogP) is 4.34. The van der Waals surface area contributed by atoms with Crippen molar-refractivity contribution in [3.8, 4) is 5.75 Å². The third-order valence-electron chi connectivity index (χ3n) is 3.47. The fourth-order valence-electron chi connectivity index (χ4n) is 2.53. The van der Waals surface area contributed by atoms with E-state index in [1.807, 2.05) is 18.2 Å². The van der Waals surface area contributed by atoms with E-state index in [2.05, 4.69) is 12.2 Å². The number of nitrogens with one attached hydrogen (secondary N) is 1. The summed E-state index contributed by atoms with van der Waals surface area (Å²) >= 11 is 6.19. The maximum atomic E-state index is 6.19. The summed E-state index contributed by atoms with van der Waals surface area (Å²) in [5, 5.41) is 4.31. The van der Waals surface area contributed by atoms with Crippen molar-refractivity contribution in [2.75, 3.05) is 12.4 Å². The molecule has 2 rings (SSSR count). The Bertz CT molecular complexity index is 380. The number of rotatable bonds is 3. The molecule has 3 heteroatoms. The zero-order chi connectivity index (χ0) is 12.3. The van der Waals surface area contributed by atoms with E-state index < -0.39 is 0 Å². The second kappa shape index (κ2) is 5.63. The fraction of sp³-hybridized carbons (Fsp3) is 0.571. The van der Waals surface area contributed by atoms with Crippen molar-refractivity contribution >= 4 is 17.3 Å². The Balaban J connectivity index is 2.06. The second-order valence-corrected chi connectivity index (χ2v) is 5.37. The summed E-state index contributed by atoms with van der Waals surface area (Å²) in [5.41, 5.74) is 0.991. The first-order valence-electron chi connectivity index (χ1n) is 6.29.